The van der Waals surface area contributed by atoms with E-state index in [2.05, 4.69) is 10.3 Å². The molecule has 1 heterocycles. The van der Waals surface area contributed by atoms with E-state index >= 15 is 0 Å². The van der Waals surface area contributed by atoms with Gasteiger partial charge >= 0.3 is 0 Å². The smallest absolute Gasteiger partial charge is 0.257 e. The lowest BCUT2D eigenvalue weighted by Crippen LogP contribution is -2.12. The Hall–Kier alpha value is -3.10. The Morgan fingerprint density at radius 2 is 1.87 bits per heavy atom. The molecule has 0 fully saturated rings. The number of methoxy groups -OCH3 is 1. The van der Waals surface area contributed by atoms with Crippen molar-refractivity contribution in [3.8, 4) is 5.75 Å². The fraction of sp³-hybridized carbons (Fsp3) is 0.182. The minimum atomic E-state index is -0.483. The lowest BCUT2D eigenvalue weighted by Gasteiger charge is -2.10. The lowest BCUT2D eigenvalue weighted by molar-refractivity contribution is 0.102. The summed E-state index contributed by atoms with van der Waals surface area (Å²) in [6, 6.07) is 11.2. The van der Waals surface area contributed by atoms with Crippen LogP contribution < -0.4 is 10.1 Å². The molecule has 0 aliphatic heterocycles. The van der Waals surface area contributed by atoms with E-state index in [0.717, 1.165) is 28.7 Å². The number of thiazole rings is 1. The van der Waals surface area contributed by atoms with Crippen LogP contribution in [-0.4, -0.2) is 31.2 Å². The number of carbonyl (C=O) groups is 1. The maximum atomic E-state index is 13.1. The zero-order valence-electron chi connectivity index (χ0n) is 16.2. The molecule has 0 spiro atoms. The number of hydrogen-bond donors (Lipinski definition) is 1. The van der Waals surface area contributed by atoms with Crippen LogP contribution in [0.15, 0.2) is 48.7 Å². The van der Waals surface area contributed by atoms with Gasteiger partial charge in [0.15, 0.2) is 10.3 Å². The number of nitrogens with one attached hydrogen (secondary N) is 1. The summed E-state index contributed by atoms with van der Waals surface area (Å²) in [4.78, 5) is 16.4. The largest absolute Gasteiger partial charge is 0.493 e. The van der Waals surface area contributed by atoms with Gasteiger partial charge in [-0.25, -0.2) is 9.37 Å². The molecule has 5 nitrogen and oxygen atoms in total. The van der Waals surface area contributed by atoms with Gasteiger partial charge in [0.2, 0.25) is 0 Å². The van der Waals surface area contributed by atoms with Gasteiger partial charge in [0.05, 0.1) is 12.8 Å². The minimum Gasteiger partial charge on any atom is -0.493 e. The van der Waals surface area contributed by atoms with E-state index < -0.39 is 11.0 Å². The van der Waals surface area contributed by atoms with Crippen molar-refractivity contribution in [2.24, 2.45) is 0 Å². The Bertz CT molecular complexity index is 1020. The Morgan fingerprint density at radius 1 is 1.10 bits per heavy atom. The maximum Gasteiger partial charge on any atom is 0.257 e. The minimum absolute atomic E-state index is 0.173. The summed E-state index contributed by atoms with van der Waals surface area (Å²) in [5.74, 6) is -0.220. The Labute approximate surface area is 177 Å². The highest BCUT2D eigenvalue weighted by Gasteiger charge is 2.12. The van der Waals surface area contributed by atoms with Crippen molar-refractivity contribution in [2.75, 3.05) is 25.6 Å². The van der Waals surface area contributed by atoms with Crippen LogP contribution >= 0.6 is 11.3 Å². The van der Waals surface area contributed by atoms with Crippen LogP contribution in [0.25, 0.3) is 12.2 Å². The van der Waals surface area contributed by atoms with Crippen LogP contribution in [0, 0.1) is 10.9 Å². The number of halogens is 2. The zero-order valence-corrected chi connectivity index (χ0v) is 17.0. The van der Waals surface area contributed by atoms with Gasteiger partial charge in [-0.2, -0.15) is 4.39 Å². The summed E-state index contributed by atoms with van der Waals surface area (Å²) in [7, 11) is 1.62. The number of nitrogens with zero attached hydrogens (tertiary/aromatic N) is 1. The first kappa shape index (κ1) is 21.6. The SMILES string of the molecule is COCCCOc1cc(/C=C/c2ccc(F)cc2)cc(C(=O)Nc2ncc(F)s2)c1. The highest BCUT2D eigenvalue weighted by atomic mass is 32.1. The van der Waals surface area contributed by atoms with Crippen molar-refractivity contribution in [3.05, 3.63) is 76.3 Å². The van der Waals surface area contributed by atoms with Crippen molar-refractivity contribution in [3.63, 3.8) is 0 Å². The number of hydrogen-bond acceptors (Lipinski definition) is 5. The van der Waals surface area contributed by atoms with Crippen LogP contribution in [0.1, 0.15) is 27.9 Å². The van der Waals surface area contributed by atoms with Gasteiger partial charge in [0.25, 0.3) is 5.91 Å². The number of amides is 1. The molecule has 0 saturated carbocycles. The van der Waals surface area contributed by atoms with Crippen molar-refractivity contribution >= 4 is 34.5 Å². The molecular weight excluding hydrogens is 410 g/mol. The third kappa shape index (κ3) is 6.47. The van der Waals surface area contributed by atoms with E-state index in [-0.39, 0.29) is 10.9 Å². The molecule has 30 heavy (non-hydrogen) atoms. The number of anilines is 1. The molecule has 1 N–H and O–H groups in total. The zero-order chi connectivity index (χ0) is 21.3. The first-order valence-electron chi connectivity index (χ1n) is 9.16. The van der Waals surface area contributed by atoms with Gasteiger partial charge < -0.3 is 9.47 Å². The molecule has 0 saturated heterocycles. The molecule has 0 unspecified atom stereocenters. The Balaban J connectivity index is 1.81. The van der Waals surface area contributed by atoms with Crippen LogP contribution in [0.4, 0.5) is 13.9 Å². The van der Waals surface area contributed by atoms with E-state index in [1.54, 1.807) is 49.6 Å². The molecule has 1 aromatic heterocycles. The number of benzene rings is 2. The molecule has 0 bridgehead atoms. The molecule has 3 aromatic rings. The molecule has 0 aliphatic rings. The third-order valence-corrected chi connectivity index (χ3v) is 4.69. The summed E-state index contributed by atoms with van der Waals surface area (Å²) in [6.07, 6.45) is 5.36. The molecule has 8 heteroatoms. The second kappa shape index (κ2) is 10.6. The second-order valence-corrected chi connectivity index (χ2v) is 7.27. The molecule has 0 aliphatic carbocycles. The van der Waals surface area contributed by atoms with E-state index in [0.29, 0.717) is 30.9 Å². The summed E-state index contributed by atoms with van der Waals surface area (Å²) >= 11 is 0.748. The first-order valence-corrected chi connectivity index (χ1v) is 9.98. The first-order chi connectivity index (χ1) is 14.5. The van der Waals surface area contributed by atoms with E-state index in [1.165, 1.54) is 12.1 Å². The second-order valence-electron chi connectivity index (χ2n) is 6.29. The van der Waals surface area contributed by atoms with Gasteiger partial charge in [-0.15, -0.1) is 0 Å². The molecule has 0 radical (unpaired) electrons. The van der Waals surface area contributed by atoms with Gasteiger partial charge in [-0.3, -0.25) is 10.1 Å². The maximum absolute atomic E-state index is 13.1. The van der Waals surface area contributed by atoms with E-state index in [4.69, 9.17) is 9.47 Å². The van der Waals surface area contributed by atoms with Crippen molar-refractivity contribution in [2.45, 2.75) is 6.42 Å². The van der Waals surface area contributed by atoms with Gasteiger partial charge in [-0.1, -0.05) is 35.6 Å². The fourth-order valence-electron chi connectivity index (χ4n) is 2.57. The fourth-order valence-corrected chi connectivity index (χ4v) is 3.11. The average Bonchev–Trinajstić information content (AvgIpc) is 3.15. The molecule has 156 valence electrons. The number of carbonyl (C=O) groups excluding carboxylic acids is 1. The summed E-state index contributed by atoms with van der Waals surface area (Å²) < 4.78 is 37.0. The van der Waals surface area contributed by atoms with Crippen molar-refractivity contribution in [1.29, 1.82) is 0 Å². The average molecular weight is 430 g/mol. The lowest BCUT2D eigenvalue weighted by atomic mass is 10.1. The number of ether oxygens (including phenoxy) is 2. The summed E-state index contributed by atoms with van der Waals surface area (Å²) in [5, 5.41) is 2.27. The van der Waals surface area contributed by atoms with Crippen LogP contribution in [0.2, 0.25) is 0 Å². The highest BCUT2D eigenvalue weighted by molar-refractivity contribution is 7.14. The topological polar surface area (TPSA) is 60.5 Å². The Morgan fingerprint density at radius 3 is 2.57 bits per heavy atom. The van der Waals surface area contributed by atoms with Crippen LogP contribution in [0.3, 0.4) is 0 Å². The summed E-state index contributed by atoms with van der Waals surface area (Å²) in [6.45, 7) is 0.991. The van der Waals surface area contributed by atoms with Crippen molar-refractivity contribution < 1.29 is 23.0 Å². The van der Waals surface area contributed by atoms with Gasteiger partial charge in [-0.05, 0) is 41.5 Å². The van der Waals surface area contributed by atoms with Crippen LogP contribution in [-0.2, 0) is 4.74 Å². The summed E-state index contributed by atoms with van der Waals surface area (Å²) in [5.41, 5.74) is 1.87. The predicted molar refractivity (Wildman–Crippen MR) is 114 cm³/mol. The number of rotatable bonds is 9. The molecular formula is C22H20F2N2O3S. The standard InChI is InChI=1S/C22H20F2N2O3S/c1-28-9-2-10-29-19-12-16(4-3-15-5-7-18(23)8-6-15)11-17(13-19)21(27)26-22-25-14-20(24)30-22/h3-8,11-14H,2,9-10H2,1H3,(H,25,26,27)/b4-3+. The molecule has 2 aromatic carbocycles. The van der Waals surface area contributed by atoms with Crippen LogP contribution in [0.5, 0.6) is 5.75 Å². The molecule has 3 rings (SSSR count). The van der Waals surface area contributed by atoms with Crippen molar-refractivity contribution in [1.82, 2.24) is 4.98 Å². The quantitative estimate of drug-likeness (QED) is 0.372. The monoisotopic (exact) mass is 430 g/mol. The molecule has 0 atom stereocenters. The van der Waals surface area contributed by atoms with Gasteiger partial charge in [0.1, 0.15) is 11.6 Å². The predicted octanol–water partition coefficient (Wildman–Crippen LogP) is 5.26. The van der Waals surface area contributed by atoms with E-state index in [1.807, 2.05) is 0 Å². The molecule has 1 amide bonds. The number of aromatic nitrogens is 1. The van der Waals surface area contributed by atoms with Gasteiger partial charge in [0, 0.05) is 25.7 Å². The Kier molecular flexibility index (Phi) is 7.64. The highest BCUT2D eigenvalue weighted by Crippen LogP contribution is 2.22. The van der Waals surface area contributed by atoms with E-state index in [9.17, 15) is 13.6 Å². The normalized spacial score (nSPS) is 11.0. The third-order valence-electron chi connectivity index (χ3n) is 3.99.